The predicted molar refractivity (Wildman–Crippen MR) is 73.0 cm³/mol. The lowest BCUT2D eigenvalue weighted by Crippen LogP contribution is -2.28. The van der Waals surface area contributed by atoms with E-state index >= 15 is 0 Å². The molecule has 1 aliphatic rings. The Morgan fingerprint density at radius 2 is 2.11 bits per heavy atom. The first-order chi connectivity index (χ1) is 9.15. The van der Waals surface area contributed by atoms with Gasteiger partial charge in [0.05, 0.1) is 19.8 Å². The number of methoxy groups -OCH3 is 2. The fourth-order valence-corrected chi connectivity index (χ4v) is 1.96. The summed E-state index contributed by atoms with van der Waals surface area (Å²) in [4.78, 5) is 15.9. The van der Waals surface area contributed by atoms with E-state index in [-0.39, 0.29) is 0 Å². The Hall–Kier alpha value is -2.04. The molecule has 102 valence electrons. The first-order valence-corrected chi connectivity index (χ1v) is 6.26. The van der Waals surface area contributed by atoms with E-state index in [9.17, 15) is 4.79 Å². The molecule has 0 spiro atoms. The fraction of sp³-hybridized carbons (Fsp3) is 0.429. The molecule has 1 aromatic carbocycles. The summed E-state index contributed by atoms with van der Waals surface area (Å²) in [5, 5.41) is 0. The van der Waals surface area contributed by atoms with Crippen LogP contribution < -0.4 is 10.5 Å². The minimum absolute atomic E-state index is 0.353. The topological polar surface area (TPSA) is 73.9 Å². The summed E-state index contributed by atoms with van der Waals surface area (Å²) >= 11 is 0. The Kier molecular flexibility index (Phi) is 4.04. The zero-order valence-electron chi connectivity index (χ0n) is 11.2. The molecule has 5 nitrogen and oxygen atoms in total. The number of ether oxygens (including phenoxy) is 2. The molecule has 1 aromatic rings. The van der Waals surface area contributed by atoms with Gasteiger partial charge in [-0.1, -0.05) is 6.42 Å². The predicted octanol–water partition coefficient (Wildman–Crippen LogP) is 2.27. The van der Waals surface area contributed by atoms with Crippen molar-refractivity contribution in [3.05, 3.63) is 23.8 Å². The van der Waals surface area contributed by atoms with Gasteiger partial charge in [0, 0.05) is 5.92 Å². The van der Waals surface area contributed by atoms with E-state index in [1.54, 1.807) is 25.3 Å². The highest BCUT2D eigenvalue weighted by molar-refractivity contribution is 5.92. The molecule has 5 heteroatoms. The van der Waals surface area contributed by atoms with Gasteiger partial charge in [-0.3, -0.25) is 0 Å². The minimum atomic E-state index is -0.402. The van der Waals surface area contributed by atoms with E-state index in [1.165, 1.54) is 13.5 Å². The molecule has 0 aliphatic heterocycles. The molecule has 0 saturated heterocycles. The zero-order chi connectivity index (χ0) is 13.8. The van der Waals surface area contributed by atoms with Crippen molar-refractivity contribution in [1.82, 2.24) is 0 Å². The molecule has 0 amide bonds. The zero-order valence-corrected chi connectivity index (χ0v) is 11.2. The standard InChI is InChI=1S/C14H18N2O3/c1-18-12-7-6-10(14(17)19-2)8-11(12)16-13(15)9-4-3-5-9/h6-9H,3-5H2,1-2H3,(H2,15,16). The van der Waals surface area contributed by atoms with Gasteiger partial charge in [0.1, 0.15) is 17.3 Å². The van der Waals surface area contributed by atoms with Crippen LogP contribution in [-0.2, 0) is 4.74 Å². The molecule has 0 heterocycles. The van der Waals surface area contributed by atoms with Gasteiger partial charge in [-0.25, -0.2) is 9.79 Å². The molecule has 19 heavy (non-hydrogen) atoms. The van der Waals surface area contributed by atoms with Crippen LogP contribution in [-0.4, -0.2) is 26.0 Å². The van der Waals surface area contributed by atoms with Gasteiger partial charge in [-0.15, -0.1) is 0 Å². The average Bonchev–Trinajstić information content (AvgIpc) is 2.35. The van der Waals surface area contributed by atoms with Crippen LogP contribution in [0.25, 0.3) is 0 Å². The molecule has 1 fully saturated rings. The van der Waals surface area contributed by atoms with Gasteiger partial charge in [-0.2, -0.15) is 0 Å². The van der Waals surface area contributed by atoms with Gasteiger partial charge in [0.25, 0.3) is 0 Å². The molecule has 0 unspecified atom stereocenters. The second kappa shape index (κ2) is 5.73. The van der Waals surface area contributed by atoms with Crippen molar-refractivity contribution in [3.63, 3.8) is 0 Å². The number of rotatable bonds is 4. The summed E-state index contributed by atoms with van der Waals surface area (Å²) < 4.78 is 9.92. The van der Waals surface area contributed by atoms with E-state index < -0.39 is 5.97 Å². The number of aliphatic imine (C=N–C) groups is 1. The number of hydrogen-bond donors (Lipinski definition) is 1. The molecular formula is C14H18N2O3. The summed E-state index contributed by atoms with van der Waals surface area (Å²) in [6.45, 7) is 0. The van der Waals surface area contributed by atoms with Crippen LogP contribution in [0.4, 0.5) is 5.69 Å². The molecule has 0 radical (unpaired) electrons. The van der Waals surface area contributed by atoms with Crippen LogP contribution in [0.5, 0.6) is 5.75 Å². The maximum Gasteiger partial charge on any atom is 0.337 e. The van der Waals surface area contributed by atoms with Crippen molar-refractivity contribution in [2.45, 2.75) is 19.3 Å². The van der Waals surface area contributed by atoms with Crippen molar-refractivity contribution in [2.75, 3.05) is 14.2 Å². The van der Waals surface area contributed by atoms with Crippen molar-refractivity contribution in [1.29, 1.82) is 0 Å². The second-order valence-electron chi connectivity index (χ2n) is 4.54. The van der Waals surface area contributed by atoms with Gasteiger partial charge < -0.3 is 15.2 Å². The van der Waals surface area contributed by atoms with Crippen LogP contribution in [0.3, 0.4) is 0 Å². The third-order valence-corrected chi connectivity index (χ3v) is 3.37. The van der Waals surface area contributed by atoms with E-state index in [0.717, 1.165) is 12.8 Å². The van der Waals surface area contributed by atoms with Crippen LogP contribution in [0, 0.1) is 5.92 Å². The van der Waals surface area contributed by atoms with Crippen molar-refractivity contribution in [3.8, 4) is 5.75 Å². The minimum Gasteiger partial charge on any atom is -0.494 e. The Labute approximate surface area is 112 Å². The molecule has 2 rings (SSSR count). The smallest absolute Gasteiger partial charge is 0.337 e. The molecule has 1 saturated carbocycles. The lowest BCUT2D eigenvalue weighted by molar-refractivity contribution is 0.0600. The number of carbonyl (C=O) groups excluding carboxylic acids is 1. The second-order valence-corrected chi connectivity index (χ2v) is 4.54. The maximum absolute atomic E-state index is 11.5. The fourth-order valence-electron chi connectivity index (χ4n) is 1.96. The van der Waals surface area contributed by atoms with E-state index in [0.29, 0.717) is 28.8 Å². The molecular weight excluding hydrogens is 244 g/mol. The number of nitrogens with zero attached hydrogens (tertiary/aromatic N) is 1. The molecule has 1 aliphatic carbocycles. The van der Waals surface area contributed by atoms with Crippen molar-refractivity contribution < 1.29 is 14.3 Å². The van der Waals surface area contributed by atoms with Crippen LogP contribution >= 0.6 is 0 Å². The van der Waals surface area contributed by atoms with E-state index in [1.807, 2.05) is 0 Å². The Balaban J connectivity index is 2.32. The molecule has 0 bridgehead atoms. The van der Waals surface area contributed by atoms with Gasteiger partial charge in [0.2, 0.25) is 0 Å². The number of amidine groups is 1. The van der Waals surface area contributed by atoms with Gasteiger partial charge in [-0.05, 0) is 31.0 Å². The first kappa shape index (κ1) is 13.4. The summed E-state index contributed by atoms with van der Waals surface area (Å²) in [5.41, 5.74) is 6.97. The molecule has 2 N–H and O–H groups in total. The number of nitrogens with two attached hydrogens (primary N) is 1. The quantitative estimate of drug-likeness (QED) is 0.513. The third kappa shape index (κ3) is 2.86. The number of benzene rings is 1. The third-order valence-electron chi connectivity index (χ3n) is 3.37. The largest absolute Gasteiger partial charge is 0.494 e. The summed E-state index contributed by atoms with van der Waals surface area (Å²) in [5.74, 6) is 1.15. The summed E-state index contributed by atoms with van der Waals surface area (Å²) in [6, 6.07) is 4.97. The lowest BCUT2D eigenvalue weighted by Gasteiger charge is -2.24. The van der Waals surface area contributed by atoms with Crippen LogP contribution in [0.1, 0.15) is 29.6 Å². The van der Waals surface area contributed by atoms with Gasteiger partial charge >= 0.3 is 5.97 Å². The monoisotopic (exact) mass is 262 g/mol. The molecule has 0 aromatic heterocycles. The summed E-state index contributed by atoms with van der Waals surface area (Å²) in [6.07, 6.45) is 3.35. The number of carbonyl (C=O) groups is 1. The van der Waals surface area contributed by atoms with E-state index in [2.05, 4.69) is 4.99 Å². The highest BCUT2D eigenvalue weighted by Gasteiger charge is 2.21. The highest BCUT2D eigenvalue weighted by atomic mass is 16.5. The first-order valence-electron chi connectivity index (χ1n) is 6.26. The van der Waals surface area contributed by atoms with Crippen molar-refractivity contribution in [2.24, 2.45) is 16.6 Å². The maximum atomic E-state index is 11.5. The van der Waals surface area contributed by atoms with Crippen LogP contribution in [0.2, 0.25) is 0 Å². The normalized spacial score (nSPS) is 15.8. The Morgan fingerprint density at radius 1 is 1.37 bits per heavy atom. The Bertz CT molecular complexity index is 507. The number of hydrogen-bond acceptors (Lipinski definition) is 4. The van der Waals surface area contributed by atoms with E-state index in [4.69, 9.17) is 15.2 Å². The summed E-state index contributed by atoms with van der Waals surface area (Å²) in [7, 11) is 2.91. The Morgan fingerprint density at radius 3 is 2.63 bits per heavy atom. The van der Waals surface area contributed by atoms with Crippen molar-refractivity contribution >= 4 is 17.5 Å². The number of esters is 1. The van der Waals surface area contributed by atoms with Crippen LogP contribution in [0.15, 0.2) is 23.2 Å². The SMILES string of the molecule is COC(=O)c1ccc(OC)c(N=C(N)C2CCC2)c1. The lowest BCUT2D eigenvalue weighted by atomic mass is 9.84. The highest BCUT2D eigenvalue weighted by Crippen LogP contribution is 2.32. The van der Waals surface area contributed by atoms with Gasteiger partial charge in [0.15, 0.2) is 0 Å². The average molecular weight is 262 g/mol. The molecule has 0 atom stereocenters.